The van der Waals surface area contributed by atoms with Crippen LogP contribution in [-0.4, -0.2) is 51.0 Å². The molecule has 10 heteroatoms. The number of pyridine rings is 1. The first-order valence-corrected chi connectivity index (χ1v) is 7.66. The number of alkyl halides is 3. The summed E-state index contributed by atoms with van der Waals surface area (Å²) in [6.07, 6.45) is -4.64. The van der Waals surface area contributed by atoms with Crippen LogP contribution in [0, 0.1) is 0 Å². The normalized spacial score (nSPS) is 18.9. The number of aromatic nitrogens is 1. The minimum Gasteiger partial charge on any atom is -0.395 e. The molecule has 0 radical (unpaired) electrons. The van der Waals surface area contributed by atoms with E-state index >= 15 is 0 Å². The number of urea groups is 1. The molecule has 0 spiro atoms. The van der Waals surface area contributed by atoms with Gasteiger partial charge in [-0.25, -0.2) is 9.78 Å². The van der Waals surface area contributed by atoms with E-state index in [0.29, 0.717) is 0 Å². The Bertz CT molecular complexity index is 666. The number of carbonyl (C=O) groups is 2. The predicted molar refractivity (Wildman–Crippen MR) is 80.9 cm³/mol. The van der Waals surface area contributed by atoms with Crippen LogP contribution in [0.5, 0.6) is 0 Å². The lowest BCUT2D eigenvalue weighted by atomic mass is 10.1. The number of aliphatic hydroxyl groups excluding tert-OH is 1. The van der Waals surface area contributed by atoms with Gasteiger partial charge in [0.25, 0.3) is 0 Å². The predicted octanol–water partition coefficient (Wildman–Crippen LogP) is 1.09. The number of imide groups is 1. The molecule has 1 unspecified atom stereocenters. The van der Waals surface area contributed by atoms with E-state index in [-0.39, 0.29) is 43.9 Å². The first kappa shape index (κ1) is 19.1. The molecule has 0 aromatic carbocycles. The van der Waals surface area contributed by atoms with Gasteiger partial charge >= 0.3 is 12.2 Å². The highest BCUT2D eigenvalue weighted by Crippen LogP contribution is 2.29. The van der Waals surface area contributed by atoms with Gasteiger partial charge in [-0.15, -0.1) is 0 Å². The number of hydrogen-bond acceptors (Lipinski definition) is 5. The maximum absolute atomic E-state index is 12.9. The minimum atomic E-state index is -4.66. The number of nitrogens with two attached hydrogens (primary N) is 1. The van der Waals surface area contributed by atoms with E-state index in [1.54, 1.807) is 6.92 Å². The molecule has 3 N–H and O–H groups in total. The van der Waals surface area contributed by atoms with E-state index in [4.69, 9.17) is 10.8 Å². The molecule has 138 valence electrons. The number of nitrogens with zero attached hydrogens (tertiary/aromatic N) is 3. The maximum Gasteiger partial charge on any atom is 0.433 e. The zero-order chi connectivity index (χ0) is 18.8. The van der Waals surface area contributed by atoms with E-state index in [1.807, 2.05) is 0 Å². The highest BCUT2D eigenvalue weighted by atomic mass is 19.4. The molecule has 1 aliphatic heterocycles. The van der Waals surface area contributed by atoms with Crippen LogP contribution >= 0.6 is 0 Å². The molecule has 1 fully saturated rings. The van der Waals surface area contributed by atoms with Gasteiger partial charge in [0.05, 0.1) is 18.8 Å². The molecule has 3 amide bonds. The van der Waals surface area contributed by atoms with Crippen LogP contribution < -0.4 is 5.73 Å². The summed E-state index contributed by atoms with van der Waals surface area (Å²) in [5.74, 6) is -0.500. The Morgan fingerprint density at radius 1 is 1.36 bits per heavy atom. The molecule has 1 aliphatic rings. The monoisotopic (exact) mass is 360 g/mol. The van der Waals surface area contributed by atoms with Gasteiger partial charge in [0, 0.05) is 25.6 Å². The summed E-state index contributed by atoms with van der Waals surface area (Å²) >= 11 is 0. The van der Waals surface area contributed by atoms with E-state index in [2.05, 4.69) is 4.98 Å². The van der Waals surface area contributed by atoms with E-state index in [9.17, 15) is 22.8 Å². The van der Waals surface area contributed by atoms with Crippen LogP contribution in [0.15, 0.2) is 12.1 Å². The fourth-order valence-corrected chi connectivity index (χ4v) is 2.66. The zero-order valence-corrected chi connectivity index (χ0v) is 13.6. The molecule has 1 atom stereocenters. The van der Waals surface area contributed by atoms with Gasteiger partial charge in [0.1, 0.15) is 5.69 Å². The smallest absolute Gasteiger partial charge is 0.395 e. The number of aliphatic hydroxyl groups is 1. The molecule has 7 nitrogen and oxygen atoms in total. The van der Waals surface area contributed by atoms with E-state index in [1.165, 1.54) is 11.0 Å². The van der Waals surface area contributed by atoms with Crippen molar-refractivity contribution in [3.05, 3.63) is 29.1 Å². The third-order valence-corrected chi connectivity index (χ3v) is 3.91. The first-order valence-electron chi connectivity index (χ1n) is 7.66. The molecule has 0 bridgehead atoms. The van der Waals surface area contributed by atoms with Crippen LogP contribution in [0.3, 0.4) is 0 Å². The van der Waals surface area contributed by atoms with Crippen LogP contribution in [0.2, 0.25) is 0 Å². The zero-order valence-electron chi connectivity index (χ0n) is 13.6. The van der Waals surface area contributed by atoms with Gasteiger partial charge in [-0.05, 0) is 24.6 Å². The highest BCUT2D eigenvalue weighted by molar-refractivity contribution is 5.97. The Morgan fingerprint density at radius 3 is 2.60 bits per heavy atom. The Labute approximate surface area is 142 Å². The van der Waals surface area contributed by atoms with E-state index < -0.39 is 29.9 Å². The Kier molecular flexibility index (Phi) is 5.63. The third kappa shape index (κ3) is 4.26. The Balaban J connectivity index is 2.31. The number of hydrogen-bond donors (Lipinski definition) is 2. The Morgan fingerprint density at radius 2 is 2.04 bits per heavy atom. The average Bonchev–Trinajstić information content (AvgIpc) is 2.54. The summed E-state index contributed by atoms with van der Waals surface area (Å²) in [4.78, 5) is 30.2. The topological polar surface area (TPSA) is 99.8 Å². The number of carbonyl (C=O) groups excluding carboxylic acids is 2. The summed E-state index contributed by atoms with van der Waals surface area (Å²) in [6.45, 7) is 0.903. The lowest BCUT2D eigenvalue weighted by Gasteiger charge is -2.38. The van der Waals surface area contributed by atoms with Crippen LogP contribution in [-0.2, 0) is 24.1 Å². The standard InChI is InChI=1S/C15H19F3N4O3/c1-9-4-13(24)22(14(25)21(9)2-3-23)8-11-5-10(7-19)6-12(20-11)15(16,17)18/h5-6,9,23H,2-4,7-8,19H2,1H3. The fraction of sp³-hybridized carbons (Fsp3) is 0.533. The maximum atomic E-state index is 12.9. The summed E-state index contributed by atoms with van der Waals surface area (Å²) < 4.78 is 38.8. The third-order valence-electron chi connectivity index (χ3n) is 3.91. The molecule has 0 saturated carbocycles. The van der Waals surface area contributed by atoms with Crippen molar-refractivity contribution in [1.29, 1.82) is 0 Å². The molecule has 1 aromatic rings. The molecular weight excluding hydrogens is 341 g/mol. The van der Waals surface area contributed by atoms with E-state index in [0.717, 1.165) is 11.0 Å². The second kappa shape index (κ2) is 7.36. The fourth-order valence-electron chi connectivity index (χ4n) is 2.66. The Hall–Kier alpha value is -2.20. The molecule has 2 heterocycles. The van der Waals surface area contributed by atoms with Crippen molar-refractivity contribution in [2.45, 2.75) is 38.7 Å². The van der Waals surface area contributed by atoms with Crippen LogP contribution in [0.1, 0.15) is 30.3 Å². The molecular formula is C15H19F3N4O3. The summed E-state index contributed by atoms with van der Waals surface area (Å²) in [5, 5.41) is 9.04. The second-order valence-corrected chi connectivity index (χ2v) is 5.79. The van der Waals surface area contributed by atoms with Gasteiger partial charge in [0.15, 0.2) is 0 Å². The molecule has 1 aromatic heterocycles. The van der Waals surface area contributed by atoms with Crippen molar-refractivity contribution in [3.63, 3.8) is 0 Å². The van der Waals surface area contributed by atoms with Gasteiger partial charge in [0.2, 0.25) is 5.91 Å². The van der Waals surface area contributed by atoms with Crippen molar-refractivity contribution < 1.29 is 27.9 Å². The second-order valence-electron chi connectivity index (χ2n) is 5.79. The van der Waals surface area contributed by atoms with Gasteiger partial charge in [-0.1, -0.05) is 0 Å². The van der Waals surface area contributed by atoms with Gasteiger partial charge < -0.3 is 15.7 Å². The quantitative estimate of drug-likeness (QED) is 0.819. The highest BCUT2D eigenvalue weighted by Gasteiger charge is 2.37. The minimum absolute atomic E-state index is 0.0223. The average molecular weight is 360 g/mol. The number of rotatable bonds is 5. The van der Waals surface area contributed by atoms with Crippen molar-refractivity contribution in [2.75, 3.05) is 13.2 Å². The molecule has 1 saturated heterocycles. The summed E-state index contributed by atoms with van der Waals surface area (Å²) in [7, 11) is 0. The van der Waals surface area contributed by atoms with Crippen molar-refractivity contribution in [3.8, 4) is 0 Å². The summed E-state index contributed by atoms with van der Waals surface area (Å²) in [5.41, 5.74) is 4.43. The van der Waals surface area contributed by atoms with Crippen molar-refractivity contribution in [1.82, 2.24) is 14.8 Å². The first-order chi connectivity index (χ1) is 11.7. The SMILES string of the molecule is CC1CC(=O)N(Cc2cc(CN)cc(C(F)(F)F)n2)C(=O)N1CCO. The molecule has 2 rings (SSSR count). The van der Waals surface area contributed by atoms with Gasteiger partial charge in [-0.2, -0.15) is 13.2 Å². The number of β-amino-alcohol motifs (C(OH)–C–C–N with tert-alkyl or cyclic N) is 1. The lowest BCUT2D eigenvalue weighted by molar-refractivity contribution is -0.141. The van der Waals surface area contributed by atoms with Gasteiger partial charge in [-0.3, -0.25) is 9.69 Å². The summed E-state index contributed by atoms with van der Waals surface area (Å²) in [6, 6.07) is 1.12. The lowest BCUT2D eigenvalue weighted by Crippen LogP contribution is -2.56. The largest absolute Gasteiger partial charge is 0.433 e. The molecule has 0 aliphatic carbocycles. The number of amides is 3. The van der Waals surface area contributed by atoms with Crippen molar-refractivity contribution in [2.24, 2.45) is 5.73 Å². The van der Waals surface area contributed by atoms with Crippen LogP contribution in [0.25, 0.3) is 0 Å². The molecule has 25 heavy (non-hydrogen) atoms. The van der Waals surface area contributed by atoms with Crippen molar-refractivity contribution >= 4 is 11.9 Å². The number of halogens is 3. The van der Waals surface area contributed by atoms with Crippen LogP contribution in [0.4, 0.5) is 18.0 Å².